The van der Waals surface area contributed by atoms with Crippen LogP contribution in [0.15, 0.2) is 0 Å². The fourth-order valence-corrected chi connectivity index (χ4v) is 2.55. The summed E-state index contributed by atoms with van der Waals surface area (Å²) in [6.45, 7) is 10.4. The molecule has 6 heteroatoms. The zero-order chi connectivity index (χ0) is 16.9. The van der Waals surface area contributed by atoms with Crippen molar-refractivity contribution in [2.24, 2.45) is 13.0 Å². The highest BCUT2D eigenvalue weighted by Crippen LogP contribution is 2.23. The maximum Gasteiger partial charge on any atom is 0.315 e. The van der Waals surface area contributed by atoms with Gasteiger partial charge in [-0.25, -0.2) is 4.79 Å². The van der Waals surface area contributed by atoms with E-state index in [4.69, 9.17) is 0 Å². The number of aliphatic hydroxyl groups excluding tert-OH is 1. The molecule has 2 atom stereocenters. The molecule has 22 heavy (non-hydrogen) atoms. The molecule has 2 unspecified atom stereocenters. The first kappa shape index (κ1) is 18.5. The van der Waals surface area contributed by atoms with Crippen molar-refractivity contribution in [1.82, 2.24) is 20.4 Å². The van der Waals surface area contributed by atoms with E-state index in [1.807, 2.05) is 46.3 Å². The molecule has 1 aromatic heterocycles. The van der Waals surface area contributed by atoms with Crippen molar-refractivity contribution in [1.29, 1.82) is 0 Å². The van der Waals surface area contributed by atoms with Gasteiger partial charge in [0.2, 0.25) is 0 Å². The smallest absolute Gasteiger partial charge is 0.315 e. The fourth-order valence-electron chi connectivity index (χ4n) is 2.55. The highest BCUT2D eigenvalue weighted by atomic mass is 16.3. The van der Waals surface area contributed by atoms with E-state index in [1.54, 1.807) is 0 Å². The van der Waals surface area contributed by atoms with Crippen molar-refractivity contribution >= 4 is 6.03 Å². The van der Waals surface area contributed by atoms with Gasteiger partial charge in [-0.15, -0.1) is 0 Å². The third-order valence-corrected chi connectivity index (χ3v) is 4.12. The number of nitrogens with zero attached hydrogens (tertiary/aromatic N) is 2. The van der Waals surface area contributed by atoms with Gasteiger partial charge < -0.3 is 15.7 Å². The van der Waals surface area contributed by atoms with Gasteiger partial charge in [0.05, 0.1) is 17.8 Å². The van der Waals surface area contributed by atoms with Crippen LogP contribution in [0.4, 0.5) is 4.79 Å². The minimum atomic E-state index is -0.384. The van der Waals surface area contributed by atoms with E-state index in [0.29, 0.717) is 13.0 Å². The van der Waals surface area contributed by atoms with Crippen molar-refractivity contribution in [3.63, 3.8) is 0 Å². The predicted octanol–water partition coefficient (Wildman–Crippen LogP) is 2.19. The molecule has 3 N–H and O–H groups in total. The number of carbonyl (C=O) groups excluding carboxylic acids is 1. The average Bonchev–Trinajstić information content (AvgIpc) is 2.69. The van der Waals surface area contributed by atoms with Crippen LogP contribution in [-0.4, -0.2) is 33.6 Å². The molecular weight excluding hydrogens is 280 g/mol. The molecule has 1 heterocycles. The summed E-state index contributed by atoms with van der Waals surface area (Å²) in [5, 5.41) is 19.9. The Morgan fingerprint density at radius 3 is 2.45 bits per heavy atom. The van der Waals surface area contributed by atoms with Gasteiger partial charge in [-0.1, -0.05) is 20.8 Å². The Kier molecular flexibility index (Phi) is 6.87. The number of rotatable bonds is 7. The predicted molar refractivity (Wildman–Crippen MR) is 87.7 cm³/mol. The first-order chi connectivity index (χ1) is 10.3. The summed E-state index contributed by atoms with van der Waals surface area (Å²) in [6, 6.07) is -0.255. The van der Waals surface area contributed by atoms with Crippen LogP contribution in [0.1, 0.15) is 56.6 Å². The van der Waals surface area contributed by atoms with Crippen LogP contribution >= 0.6 is 0 Å². The molecule has 0 spiro atoms. The molecule has 126 valence electrons. The normalized spacial score (nSPS) is 14.0. The van der Waals surface area contributed by atoms with E-state index >= 15 is 0 Å². The summed E-state index contributed by atoms with van der Waals surface area (Å²) in [6.07, 6.45) is 0.979. The van der Waals surface area contributed by atoms with Gasteiger partial charge in [-0.2, -0.15) is 5.10 Å². The summed E-state index contributed by atoms with van der Waals surface area (Å²) in [5.74, 6) is 0.203. The van der Waals surface area contributed by atoms with Crippen LogP contribution in [0.2, 0.25) is 0 Å². The van der Waals surface area contributed by atoms with E-state index in [9.17, 15) is 9.90 Å². The maximum atomic E-state index is 12.0. The monoisotopic (exact) mass is 310 g/mol. The quantitative estimate of drug-likeness (QED) is 0.722. The lowest BCUT2D eigenvalue weighted by Gasteiger charge is -2.19. The van der Waals surface area contributed by atoms with Crippen LogP contribution in [0.3, 0.4) is 0 Å². The molecule has 0 aromatic carbocycles. The SMILES string of the molecule is CCC(NC(=O)NCCC(O)C(C)C)c1c(C)nn(C)c1C. The number of hydrogen-bond acceptors (Lipinski definition) is 3. The number of aromatic nitrogens is 2. The molecule has 2 amide bonds. The maximum absolute atomic E-state index is 12.0. The minimum absolute atomic E-state index is 0.0521. The minimum Gasteiger partial charge on any atom is -0.393 e. The molecule has 0 aliphatic carbocycles. The van der Waals surface area contributed by atoms with Gasteiger partial charge in [0.15, 0.2) is 0 Å². The number of aryl methyl sites for hydroxylation is 2. The van der Waals surface area contributed by atoms with Gasteiger partial charge in [-0.05, 0) is 32.6 Å². The molecule has 1 aromatic rings. The lowest BCUT2D eigenvalue weighted by molar-refractivity contribution is 0.116. The molecule has 0 fully saturated rings. The van der Waals surface area contributed by atoms with E-state index in [2.05, 4.69) is 15.7 Å². The van der Waals surface area contributed by atoms with Crippen LogP contribution in [0.5, 0.6) is 0 Å². The summed E-state index contributed by atoms with van der Waals surface area (Å²) in [7, 11) is 1.91. The fraction of sp³-hybridized carbons (Fsp3) is 0.750. The van der Waals surface area contributed by atoms with E-state index < -0.39 is 0 Å². The van der Waals surface area contributed by atoms with Crippen molar-refractivity contribution in [2.45, 2.75) is 59.6 Å². The van der Waals surface area contributed by atoms with Crippen LogP contribution in [-0.2, 0) is 7.05 Å². The molecule has 0 saturated heterocycles. The number of hydrogen-bond donors (Lipinski definition) is 3. The second-order valence-corrected chi connectivity index (χ2v) is 6.17. The zero-order valence-electron chi connectivity index (χ0n) is 14.6. The van der Waals surface area contributed by atoms with Crippen molar-refractivity contribution < 1.29 is 9.90 Å². The third kappa shape index (κ3) is 4.73. The van der Waals surface area contributed by atoms with Crippen molar-refractivity contribution in [3.8, 4) is 0 Å². The second-order valence-electron chi connectivity index (χ2n) is 6.17. The Morgan fingerprint density at radius 2 is 2.00 bits per heavy atom. The Hall–Kier alpha value is -1.56. The second kappa shape index (κ2) is 8.17. The Morgan fingerprint density at radius 1 is 1.36 bits per heavy atom. The summed E-state index contributed by atoms with van der Waals surface area (Å²) >= 11 is 0. The molecule has 0 bridgehead atoms. The first-order valence-corrected chi connectivity index (χ1v) is 8.00. The largest absolute Gasteiger partial charge is 0.393 e. The van der Waals surface area contributed by atoms with Crippen molar-refractivity contribution in [2.75, 3.05) is 6.54 Å². The number of nitrogens with one attached hydrogen (secondary N) is 2. The lowest BCUT2D eigenvalue weighted by atomic mass is 10.0. The average molecular weight is 310 g/mol. The lowest BCUT2D eigenvalue weighted by Crippen LogP contribution is -2.39. The van der Waals surface area contributed by atoms with E-state index in [1.165, 1.54) is 0 Å². The van der Waals surface area contributed by atoms with Gasteiger partial charge >= 0.3 is 6.03 Å². The molecular formula is C16H30N4O2. The van der Waals surface area contributed by atoms with Crippen LogP contribution in [0, 0.1) is 19.8 Å². The Bertz CT molecular complexity index is 497. The van der Waals surface area contributed by atoms with Crippen LogP contribution < -0.4 is 10.6 Å². The zero-order valence-corrected chi connectivity index (χ0v) is 14.6. The molecule has 1 rings (SSSR count). The summed E-state index contributed by atoms with van der Waals surface area (Å²) in [5.41, 5.74) is 3.10. The number of amides is 2. The van der Waals surface area contributed by atoms with Gasteiger partial charge in [0.25, 0.3) is 0 Å². The number of carbonyl (C=O) groups is 1. The standard InChI is InChI=1S/C16H30N4O2/c1-7-13(15-11(4)19-20(6)12(15)5)18-16(22)17-9-8-14(21)10(2)3/h10,13-14,21H,7-9H2,1-6H3,(H2,17,18,22). The number of urea groups is 1. The Labute approximate surface area is 133 Å². The summed E-state index contributed by atoms with van der Waals surface area (Å²) < 4.78 is 1.84. The van der Waals surface area contributed by atoms with Gasteiger partial charge in [-0.3, -0.25) is 4.68 Å². The van der Waals surface area contributed by atoms with Crippen molar-refractivity contribution in [3.05, 3.63) is 17.0 Å². The number of aliphatic hydroxyl groups is 1. The van der Waals surface area contributed by atoms with E-state index in [-0.39, 0.29) is 24.1 Å². The molecule has 0 radical (unpaired) electrons. The van der Waals surface area contributed by atoms with E-state index in [0.717, 1.165) is 23.4 Å². The van der Waals surface area contributed by atoms with Gasteiger partial charge in [0.1, 0.15) is 0 Å². The molecule has 0 saturated carbocycles. The molecule has 0 aliphatic heterocycles. The molecule has 6 nitrogen and oxygen atoms in total. The third-order valence-electron chi connectivity index (χ3n) is 4.12. The summed E-state index contributed by atoms with van der Waals surface area (Å²) in [4.78, 5) is 12.0. The topological polar surface area (TPSA) is 79.2 Å². The van der Waals surface area contributed by atoms with Gasteiger partial charge in [0, 0.05) is 24.8 Å². The molecule has 0 aliphatic rings. The highest BCUT2D eigenvalue weighted by Gasteiger charge is 2.20. The van der Waals surface area contributed by atoms with Crippen LogP contribution in [0.25, 0.3) is 0 Å². The Balaban J connectivity index is 2.57. The highest BCUT2D eigenvalue weighted by molar-refractivity contribution is 5.74. The first-order valence-electron chi connectivity index (χ1n) is 8.00.